The summed E-state index contributed by atoms with van der Waals surface area (Å²) in [4.78, 5) is 0. The van der Waals surface area contributed by atoms with Gasteiger partial charge < -0.3 is 10.4 Å². The number of benzene rings is 1. The number of aryl methyl sites for hydroxylation is 2. The molecule has 0 aliphatic heterocycles. The van der Waals surface area contributed by atoms with Crippen LogP contribution in [0.2, 0.25) is 0 Å². The van der Waals surface area contributed by atoms with E-state index in [2.05, 4.69) is 47.2 Å². The molecule has 0 amide bonds. The van der Waals surface area contributed by atoms with Gasteiger partial charge in [-0.3, -0.25) is 0 Å². The van der Waals surface area contributed by atoms with E-state index in [4.69, 9.17) is 5.11 Å². The fourth-order valence-corrected chi connectivity index (χ4v) is 2.50. The number of hydrogen-bond donors (Lipinski definition) is 2. The van der Waals surface area contributed by atoms with Crippen LogP contribution < -0.4 is 5.32 Å². The molecule has 90 valence electrons. The maximum absolute atomic E-state index is 8.68. The molecule has 0 radical (unpaired) electrons. The lowest BCUT2D eigenvalue weighted by molar-refractivity contribution is 0.283. The third kappa shape index (κ3) is 4.14. The van der Waals surface area contributed by atoms with E-state index in [1.54, 1.807) is 0 Å². The topological polar surface area (TPSA) is 32.3 Å². The van der Waals surface area contributed by atoms with E-state index in [1.807, 2.05) is 0 Å². The SMILES string of the molecule is Cc1cc(Br)cc(C)c1NCCCCCO. The van der Waals surface area contributed by atoms with E-state index in [0.717, 1.165) is 30.3 Å². The third-order valence-corrected chi connectivity index (χ3v) is 3.09. The molecule has 0 atom stereocenters. The number of aliphatic hydroxyl groups excluding tert-OH is 1. The van der Waals surface area contributed by atoms with Gasteiger partial charge in [-0.25, -0.2) is 0 Å². The highest BCUT2D eigenvalue weighted by molar-refractivity contribution is 9.10. The second-order valence-corrected chi connectivity index (χ2v) is 5.04. The van der Waals surface area contributed by atoms with E-state index in [1.165, 1.54) is 16.8 Å². The number of rotatable bonds is 6. The van der Waals surface area contributed by atoms with Crippen LogP contribution in [-0.2, 0) is 0 Å². The lowest BCUT2D eigenvalue weighted by Crippen LogP contribution is -2.05. The van der Waals surface area contributed by atoms with Gasteiger partial charge in [-0.2, -0.15) is 0 Å². The Bertz CT molecular complexity index is 316. The predicted octanol–water partition coefficient (Wildman–Crippen LogP) is 3.64. The molecule has 1 aromatic carbocycles. The second kappa shape index (κ2) is 6.92. The van der Waals surface area contributed by atoms with Crippen molar-refractivity contribution in [1.82, 2.24) is 0 Å². The molecular weight excluding hydrogens is 266 g/mol. The Hall–Kier alpha value is -0.540. The van der Waals surface area contributed by atoms with Crippen molar-refractivity contribution in [2.75, 3.05) is 18.5 Å². The van der Waals surface area contributed by atoms with Crippen LogP contribution in [0, 0.1) is 13.8 Å². The van der Waals surface area contributed by atoms with Crippen LogP contribution in [0.4, 0.5) is 5.69 Å². The summed E-state index contributed by atoms with van der Waals surface area (Å²) in [6.07, 6.45) is 3.09. The van der Waals surface area contributed by atoms with Crippen LogP contribution in [0.25, 0.3) is 0 Å². The molecular formula is C13H20BrNO. The summed E-state index contributed by atoms with van der Waals surface area (Å²) in [5.74, 6) is 0. The first-order chi connectivity index (χ1) is 7.65. The van der Waals surface area contributed by atoms with Crippen LogP contribution in [0.15, 0.2) is 16.6 Å². The fraction of sp³-hybridized carbons (Fsp3) is 0.538. The highest BCUT2D eigenvalue weighted by Crippen LogP contribution is 2.24. The standard InChI is InChI=1S/C13H20BrNO/c1-10-8-12(14)9-11(2)13(10)15-6-4-3-5-7-16/h8-9,15-16H,3-7H2,1-2H3. The van der Waals surface area contributed by atoms with E-state index in [0.29, 0.717) is 6.61 Å². The van der Waals surface area contributed by atoms with E-state index in [-0.39, 0.29) is 0 Å². The Kier molecular flexibility index (Phi) is 5.85. The van der Waals surface area contributed by atoms with Gasteiger partial charge in [-0.05, 0) is 56.4 Å². The molecule has 0 unspecified atom stereocenters. The van der Waals surface area contributed by atoms with Gasteiger partial charge in [0.05, 0.1) is 0 Å². The highest BCUT2D eigenvalue weighted by Gasteiger charge is 2.02. The van der Waals surface area contributed by atoms with Crippen molar-refractivity contribution in [2.24, 2.45) is 0 Å². The summed E-state index contributed by atoms with van der Waals surface area (Å²) in [5, 5.41) is 12.1. The number of aliphatic hydroxyl groups is 1. The molecule has 16 heavy (non-hydrogen) atoms. The maximum Gasteiger partial charge on any atom is 0.0431 e. The van der Waals surface area contributed by atoms with Crippen LogP contribution in [0.3, 0.4) is 0 Å². The van der Waals surface area contributed by atoms with Crippen molar-refractivity contribution < 1.29 is 5.11 Å². The Balaban J connectivity index is 2.47. The summed E-state index contributed by atoms with van der Waals surface area (Å²) in [6.45, 7) is 5.52. The summed E-state index contributed by atoms with van der Waals surface area (Å²) >= 11 is 3.49. The molecule has 1 rings (SSSR count). The number of halogens is 1. The monoisotopic (exact) mass is 285 g/mol. The summed E-state index contributed by atoms with van der Waals surface area (Å²) in [7, 11) is 0. The van der Waals surface area contributed by atoms with Gasteiger partial charge in [-0.1, -0.05) is 15.9 Å². The molecule has 0 aliphatic rings. The number of unbranched alkanes of at least 4 members (excludes halogenated alkanes) is 2. The minimum absolute atomic E-state index is 0.302. The molecule has 0 spiro atoms. The van der Waals surface area contributed by atoms with Gasteiger partial charge in [0.1, 0.15) is 0 Å². The minimum atomic E-state index is 0.302. The van der Waals surface area contributed by atoms with Gasteiger partial charge in [-0.15, -0.1) is 0 Å². The smallest absolute Gasteiger partial charge is 0.0431 e. The highest BCUT2D eigenvalue weighted by atomic mass is 79.9. The molecule has 0 fully saturated rings. The molecule has 1 aromatic rings. The Morgan fingerprint density at radius 2 is 1.75 bits per heavy atom. The zero-order valence-corrected chi connectivity index (χ0v) is 11.6. The van der Waals surface area contributed by atoms with Crippen LogP contribution in [-0.4, -0.2) is 18.3 Å². The number of nitrogens with one attached hydrogen (secondary N) is 1. The molecule has 0 saturated carbocycles. The van der Waals surface area contributed by atoms with Crippen molar-refractivity contribution in [3.05, 3.63) is 27.7 Å². The van der Waals surface area contributed by atoms with E-state index in [9.17, 15) is 0 Å². The quantitative estimate of drug-likeness (QED) is 0.782. The molecule has 0 aromatic heterocycles. The lowest BCUT2D eigenvalue weighted by Gasteiger charge is -2.13. The van der Waals surface area contributed by atoms with Crippen molar-refractivity contribution in [3.8, 4) is 0 Å². The van der Waals surface area contributed by atoms with Crippen molar-refractivity contribution >= 4 is 21.6 Å². The first-order valence-electron chi connectivity index (χ1n) is 5.76. The predicted molar refractivity (Wildman–Crippen MR) is 73.0 cm³/mol. The second-order valence-electron chi connectivity index (χ2n) is 4.13. The van der Waals surface area contributed by atoms with Crippen molar-refractivity contribution in [1.29, 1.82) is 0 Å². The Morgan fingerprint density at radius 3 is 2.31 bits per heavy atom. The Morgan fingerprint density at radius 1 is 1.12 bits per heavy atom. The van der Waals surface area contributed by atoms with E-state index >= 15 is 0 Å². The molecule has 2 N–H and O–H groups in total. The summed E-state index contributed by atoms with van der Waals surface area (Å²) in [6, 6.07) is 4.26. The molecule has 3 heteroatoms. The van der Waals surface area contributed by atoms with Crippen LogP contribution in [0.1, 0.15) is 30.4 Å². The molecule has 0 aliphatic carbocycles. The normalized spacial score (nSPS) is 10.5. The number of anilines is 1. The zero-order chi connectivity index (χ0) is 12.0. The molecule has 0 bridgehead atoms. The zero-order valence-electron chi connectivity index (χ0n) is 10.0. The average Bonchev–Trinajstić information content (AvgIpc) is 2.20. The van der Waals surface area contributed by atoms with Gasteiger partial charge in [0.2, 0.25) is 0 Å². The van der Waals surface area contributed by atoms with Crippen LogP contribution in [0.5, 0.6) is 0 Å². The largest absolute Gasteiger partial charge is 0.396 e. The minimum Gasteiger partial charge on any atom is -0.396 e. The van der Waals surface area contributed by atoms with E-state index < -0.39 is 0 Å². The summed E-state index contributed by atoms with van der Waals surface area (Å²) in [5.41, 5.74) is 3.79. The molecule has 0 heterocycles. The van der Waals surface area contributed by atoms with Crippen molar-refractivity contribution in [2.45, 2.75) is 33.1 Å². The third-order valence-electron chi connectivity index (χ3n) is 2.63. The Labute approximate surface area is 106 Å². The van der Waals surface area contributed by atoms with Crippen LogP contribution >= 0.6 is 15.9 Å². The molecule has 0 saturated heterocycles. The maximum atomic E-state index is 8.68. The first-order valence-corrected chi connectivity index (χ1v) is 6.56. The van der Waals surface area contributed by atoms with Gasteiger partial charge >= 0.3 is 0 Å². The van der Waals surface area contributed by atoms with Gasteiger partial charge in [0.15, 0.2) is 0 Å². The average molecular weight is 286 g/mol. The molecule has 2 nitrogen and oxygen atoms in total. The first kappa shape index (κ1) is 13.5. The summed E-state index contributed by atoms with van der Waals surface area (Å²) < 4.78 is 1.13. The van der Waals surface area contributed by atoms with Crippen molar-refractivity contribution in [3.63, 3.8) is 0 Å². The number of hydrogen-bond acceptors (Lipinski definition) is 2. The van der Waals surface area contributed by atoms with Gasteiger partial charge in [0, 0.05) is 23.3 Å². The fourth-order valence-electron chi connectivity index (χ4n) is 1.82. The van der Waals surface area contributed by atoms with Gasteiger partial charge in [0.25, 0.3) is 0 Å². The lowest BCUT2D eigenvalue weighted by atomic mass is 10.1.